The van der Waals surface area contributed by atoms with Gasteiger partial charge < -0.3 is 5.32 Å². The van der Waals surface area contributed by atoms with Crippen molar-refractivity contribution in [3.05, 3.63) is 16.1 Å². The summed E-state index contributed by atoms with van der Waals surface area (Å²) in [5, 5.41) is 3.73. The molecule has 2 bridgehead atoms. The van der Waals surface area contributed by atoms with Gasteiger partial charge >= 0.3 is 0 Å². The molecule has 0 aromatic carbocycles. The molecule has 1 aromatic rings. The Morgan fingerprint density at radius 3 is 3.07 bits per heavy atom. The van der Waals surface area contributed by atoms with Crippen molar-refractivity contribution in [3.8, 4) is 0 Å². The third-order valence-corrected chi connectivity index (χ3v) is 4.70. The molecule has 0 spiro atoms. The zero-order valence-corrected chi connectivity index (χ0v) is 9.31. The molecular formula is C11H16N2S. The highest BCUT2D eigenvalue weighted by atomic mass is 32.1. The molecule has 1 saturated heterocycles. The summed E-state index contributed by atoms with van der Waals surface area (Å²) in [6.07, 6.45) is 5.48. The number of aryl methyl sites for hydroxylation is 1. The molecule has 3 rings (SSSR count). The molecule has 1 saturated carbocycles. The highest BCUT2D eigenvalue weighted by Gasteiger charge is 2.38. The van der Waals surface area contributed by atoms with Crippen LogP contribution in [0.15, 0.2) is 5.51 Å². The van der Waals surface area contributed by atoms with Crippen LogP contribution in [0, 0.1) is 12.8 Å². The van der Waals surface area contributed by atoms with E-state index < -0.39 is 0 Å². The standard InChI is InChI=1S/C11H16N2S/c1-7-11(14-6-12-7)5-10-8-2-3-9(4-8)13-10/h6,8-10,13H,2-5H2,1H3. The summed E-state index contributed by atoms with van der Waals surface area (Å²) in [6, 6.07) is 1.58. The molecule has 3 heteroatoms. The van der Waals surface area contributed by atoms with Crippen molar-refractivity contribution >= 4 is 11.3 Å². The fraction of sp³-hybridized carbons (Fsp3) is 0.727. The largest absolute Gasteiger partial charge is 0.311 e. The number of fused-ring (bicyclic) bond motifs is 2. The summed E-state index contributed by atoms with van der Waals surface area (Å²) in [4.78, 5) is 5.79. The van der Waals surface area contributed by atoms with Crippen LogP contribution in [-0.2, 0) is 6.42 Å². The van der Waals surface area contributed by atoms with Crippen molar-refractivity contribution < 1.29 is 0 Å². The fourth-order valence-electron chi connectivity index (χ4n) is 2.92. The first-order valence-electron chi connectivity index (χ1n) is 5.48. The van der Waals surface area contributed by atoms with Gasteiger partial charge in [-0.25, -0.2) is 4.98 Å². The van der Waals surface area contributed by atoms with Gasteiger partial charge in [0, 0.05) is 17.0 Å². The van der Waals surface area contributed by atoms with E-state index in [1.807, 2.05) is 16.8 Å². The summed E-state index contributed by atoms with van der Waals surface area (Å²) in [7, 11) is 0. The third-order valence-electron chi connectivity index (χ3n) is 3.74. The van der Waals surface area contributed by atoms with Crippen molar-refractivity contribution in [1.29, 1.82) is 0 Å². The van der Waals surface area contributed by atoms with Crippen LogP contribution in [0.5, 0.6) is 0 Å². The molecule has 1 aromatic heterocycles. The second-order valence-corrected chi connectivity index (χ2v) is 5.55. The quantitative estimate of drug-likeness (QED) is 0.805. The lowest BCUT2D eigenvalue weighted by atomic mass is 9.96. The van der Waals surface area contributed by atoms with Crippen molar-refractivity contribution in [1.82, 2.24) is 10.3 Å². The second-order valence-electron chi connectivity index (χ2n) is 4.61. The number of nitrogens with zero attached hydrogens (tertiary/aromatic N) is 1. The molecule has 0 radical (unpaired) electrons. The Kier molecular flexibility index (Phi) is 2.10. The average Bonchev–Trinajstić information content (AvgIpc) is 2.83. The van der Waals surface area contributed by atoms with Crippen molar-refractivity contribution in [2.45, 2.75) is 44.7 Å². The van der Waals surface area contributed by atoms with Gasteiger partial charge in [-0.3, -0.25) is 0 Å². The van der Waals surface area contributed by atoms with E-state index >= 15 is 0 Å². The molecule has 1 aliphatic heterocycles. The van der Waals surface area contributed by atoms with E-state index in [1.54, 1.807) is 0 Å². The van der Waals surface area contributed by atoms with Crippen molar-refractivity contribution in [2.75, 3.05) is 0 Å². The van der Waals surface area contributed by atoms with E-state index in [1.165, 1.54) is 36.3 Å². The average molecular weight is 208 g/mol. The van der Waals surface area contributed by atoms with Crippen LogP contribution >= 0.6 is 11.3 Å². The molecule has 76 valence electrons. The Morgan fingerprint density at radius 2 is 2.50 bits per heavy atom. The van der Waals surface area contributed by atoms with Crippen LogP contribution < -0.4 is 5.32 Å². The van der Waals surface area contributed by atoms with Gasteiger partial charge in [-0.05, 0) is 38.5 Å². The van der Waals surface area contributed by atoms with Gasteiger partial charge in [0.05, 0.1) is 11.2 Å². The Hall–Kier alpha value is -0.410. The molecule has 2 nitrogen and oxygen atoms in total. The predicted octanol–water partition coefficient (Wildman–Crippen LogP) is 2.13. The van der Waals surface area contributed by atoms with Crippen molar-refractivity contribution in [3.63, 3.8) is 0 Å². The van der Waals surface area contributed by atoms with Gasteiger partial charge in [-0.2, -0.15) is 0 Å². The number of nitrogens with one attached hydrogen (secondary N) is 1. The Bertz CT molecular complexity index is 334. The lowest BCUT2D eigenvalue weighted by Gasteiger charge is -2.22. The molecule has 2 heterocycles. The Labute approximate surface area is 88.7 Å². The van der Waals surface area contributed by atoms with E-state index in [4.69, 9.17) is 0 Å². The topological polar surface area (TPSA) is 24.9 Å². The fourth-order valence-corrected chi connectivity index (χ4v) is 3.76. The number of thiazole rings is 1. The van der Waals surface area contributed by atoms with Crippen LogP contribution in [0.3, 0.4) is 0 Å². The molecule has 2 fully saturated rings. The first-order valence-corrected chi connectivity index (χ1v) is 6.36. The minimum atomic E-state index is 0.743. The van der Waals surface area contributed by atoms with Gasteiger partial charge in [0.25, 0.3) is 0 Å². The maximum absolute atomic E-state index is 4.31. The summed E-state index contributed by atoms with van der Waals surface area (Å²) in [5.74, 6) is 0.946. The van der Waals surface area contributed by atoms with Crippen LogP contribution in [0.4, 0.5) is 0 Å². The third kappa shape index (κ3) is 1.39. The molecule has 3 atom stereocenters. The zero-order chi connectivity index (χ0) is 9.54. The maximum atomic E-state index is 4.31. The number of piperidine rings is 1. The molecule has 1 N–H and O–H groups in total. The summed E-state index contributed by atoms with van der Waals surface area (Å²) in [6.45, 7) is 2.12. The highest BCUT2D eigenvalue weighted by Crippen LogP contribution is 2.37. The van der Waals surface area contributed by atoms with Crippen molar-refractivity contribution in [2.24, 2.45) is 5.92 Å². The molecule has 0 amide bonds. The molecule has 14 heavy (non-hydrogen) atoms. The van der Waals surface area contributed by atoms with Gasteiger partial charge in [0.15, 0.2) is 0 Å². The second kappa shape index (κ2) is 3.31. The lowest BCUT2D eigenvalue weighted by molar-refractivity contribution is 0.380. The van der Waals surface area contributed by atoms with E-state index in [-0.39, 0.29) is 0 Å². The lowest BCUT2D eigenvalue weighted by Crippen LogP contribution is -2.36. The highest BCUT2D eigenvalue weighted by molar-refractivity contribution is 7.09. The first kappa shape index (κ1) is 8.86. The van der Waals surface area contributed by atoms with Crippen LogP contribution in [-0.4, -0.2) is 17.1 Å². The minimum Gasteiger partial charge on any atom is -0.311 e. The summed E-state index contributed by atoms with van der Waals surface area (Å²) in [5.41, 5.74) is 3.21. The van der Waals surface area contributed by atoms with E-state index in [9.17, 15) is 0 Å². The van der Waals surface area contributed by atoms with E-state index in [0.29, 0.717) is 0 Å². The Morgan fingerprint density at radius 1 is 1.57 bits per heavy atom. The molecule has 2 aliphatic rings. The van der Waals surface area contributed by atoms with Crippen LogP contribution in [0.2, 0.25) is 0 Å². The SMILES string of the molecule is Cc1ncsc1CC1NC2CCC1C2. The molecule has 1 aliphatic carbocycles. The first-order chi connectivity index (χ1) is 6.83. The van der Waals surface area contributed by atoms with Gasteiger partial charge in [-0.15, -0.1) is 11.3 Å². The zero-order valence-electron chi connectivity index (χ0n) is 8.49. The Balaban J connectivity index is 1.71. The minimum absolute atomic E-state index is 0.743. The summed E-state index contributed by atoms with van der Waals surface area (Å²) >= 11 is 1.81. The maximum Gasteiger partial charge on any atom is 0.0797 e. The number of hydrogen-bond acceptors (Lipinski definition) is 3. The van der Waals surface area contributed by atoms with Crippen LogP contribution in [0.1, 0.15) is 29.8 Å². The van der Waals surface area contributed by atoms with Crippen LogP contribution in [0.25, 0.3) is 0 Å². The van der Waals surface area contributed by atoms with E-state index in [0.717, 1.165) is 18.0 Å². The van der Waals surface area contributed by atoms with E-state index in [2.05, 4.69) is 17.2 Å². The van der Waals surface area contributed by atoms with Gasteiger partial charge in [-0.1, -0.05) is 0 Å². The van der Waals surface area contributed by atoms with Gasteiger partial charge in [0.1, 0.15) is 0 Å². The normalized spacial score (nSPS) is 35.4. The number of rotatable bonds is 2. The smallest absolute Gasteiger partial charge is 0.0797 e. The molecular weight excluding hydrogens is 192 g/mol. The monoisotopic (exact) mass is 208 g/mol. The predicted molar refractivity (Wildman–Crippen MR) is 58.6 cm³/mol. The summed E-state index contributed by atoms with van der Waals surface area (Å²) < 4.78 is 0. The number of hydrogen-bond donors (Lipinski definition) is 1. The molecule has 3 unspecified atom stereocenters. The van der Waals surface area contributed by atoms with Gasteiger partial charge in [0.2, 0.25) is 0 Å². The number of aromatic nitrogens is 1.